The van der Waals surface area contributed by atoms with E-state index in [0.717, 1.165) is 17.7 Å². The molecule has 0 bridgehead atoms. The molecule has 1 heterocycles. The van der Waals surface area contributed by atoms with Crippen LogP contribution in [0.25, 0.3) is 11.1 Å². The molecule has 0 atom stereocenters. The second-order valence-electron chi connectivity index (χ2n) is 5.13. The Morgan fingerprint density at radius 3 is 2.75 bits per heavy atom. The molecule has 1 aromatic carbocycles. The number of hydrogen-bond acceptors (Lipinski definition) is 3. The van der Waals surface area contributed by atoms with Crippen LogP contribution in [0.1, 0.15) is 28.9 Å². The highest BCUT2D eigenvalue weighted by molar-refractivity contribution is 5.81. The molecule has 1 aliphatic carbocycles. The van der Waals surface area contributed by atoms with E-state index in [4.69, 9.17) is 5.26 Å². The maximum Gasteiger partial charge on any atom is 0.416 e. The summed E-state index contributed by atoms with van der Waals surface area (Å²) in [7, 11) is 0. The van der Waals surface area contributed by atoms with Crippen molar-refractivity contribution < 1.29 is 13.2 Å². The lowest BCUT2D eigenvalue weighted by atomic mass is 10.0. The van der Waals surface area contributed by atoms with Crippen molar-refractivity contribution in [2.75, 3.05) is 0 Å². The number of nitriles is 1. The van der Waals surface area contributed by atoms with Gasteiger partial charge in [-0.05, 0) is 35.3 Å². The number of allylic oxidation sites excluding steroid dienone is 6. The second-order valence-corrected chi connectivity index (χ2v) is 5.13. The standard InChI is InChI=1S/C17H11F3N4/c18-17(19,20)14-6-2-5-13(9-14)11-3-1-4-12(8-7-11)16-15(10-21)22-24-23-16/h1-3,5-9H,4H2,(H,22,23,24). The van der Waals surface area contributed by atoms with E-state index >= 15 is 0 Å². The quantitative estimate of drug-likeness (QED) is 0.902. The van der Waals surface area contributed by atoms with Crippen LogP contribution in [0.4, 0.5) is 13.2 Å². The van der Waals surface area contributed by atoms with Crippen LogP contribution in [0, 0.1) is 11.3 Å². The summed E-state index contributed by atoms with van der Waals surface area (Å²) < 4.78 is 38.5. The van der Waals surface area contributed by atoms with E-state index < -0.39 is 11.7 Å². The third kappa shape index (κ3) is 3.13. The maximum atomic E-state index is 12.8. The molecule has 0 radical (unpaired) electrons. The van der Waals surface area contributed by atoms with Gasteiger partial charge in [-0.2, -0.15) is 28.7 Å². The van der Waals surface area contributed by atoms with Crippen molar-refractivity contribution in [1.82, 2.24) is 15.4 Å². The summed E-state index contributed by atoms with van der Waals surface area (Å²) in [5.41, 5.74) is 1.83. The highest BCUT2D eigenvalue weighted by Crippen LogP contribution is 2.32. The molecule has 4 nitrogen and oxygen atoms in total. The van der Waals surface area contributed by atoms with Crippen LogP contribution in [-0.4, -0.2) is 15.4 Å². The fourth-order valence-corrected chi connectivity index (χ4v) is 2.40. The van der Waals surface area contributed by atoms with Crippen molar-refractivity contribution in [3.8, 4) is 6.07 Å². The minimum Gasteiger partial charge on any atom is -0.196 e. The van der Waals surface area contributed by atoms with Gasteiger partial charge in [-0.3, -0.25) is 0 Å². The van der Waals surface area contributed by atoms with Gasteiger partial charge < -0.3 is 0 Å². The molecule has 2 aromatic rings. The second kappa shape index (κ2) is 6.16. The summed E-state index contributed by atoms with van der Waals surface area (Å²) in [6, 6.07) is 7.11. The summed E-state index contributed by atoms with van der Waals surface area (Å²) in [6.45, 7) is 0. The van der Waals surface area contributed by atoms with Gasteiger partial charge in [-0.1, -0.05) is 36.4 Å². The van der Waals surface area contributed by atoms with Gasteiger partial charge in [0, 0.05) is 0 Å². The van der Waals surface area contributed by atoms with Crippen LogP contribution in [0.2, 0.25) is 0 Å². The number of halogens is 3. The number of aromatic amines is 1. The highest BCUT2D eigenvalue weighted by atomic mass is 19.4. The van der Waals surface area contributed by atoms with Gasteiger partial charge in [0.1, 0.15) is 11.8 Å². The monoisotopic (exact) mass is 328 g/mol. The molecule has 120 valence electrons. The van der Waals surface area contributed by atoms with Gasteiger partial charge in [0.15, 0.2) is 5.69 Å². The van der Waals surface area contributed by atoms with Gasteiger partial charge in [0.25, 0.3) is 0 Å². The van der Waals surface area contributed by atoms with E-state index in [-0.39, 0.29) is 5.69 Å². The molecular formula is C17H11F3N4. The average molecular weight is 328 g/mol. The zero-order chi connectivity index (χ0) is 17.2. The Balaban J connectivity index is 1.98. The maximum absolute atomic E-state index is 12.8. The molecule has 0 spiro atoms. The van der Waals surface area contributed by atoms with Crippen molar-refractivity contribution in [2.24, 2.45) is 0 Å². The van der Waals surface area contributed by atoms with E-state index in [1.165, 1.54) is 6.07 Å². The minimum atomic E-state index is -4.38. The van der Waals surface area contributed by atoms with Gasteiger partial charge in [0.2, 0.25) is 0 Å². The van der Waals surface area contributed by atoms with Gasteiger partial charge in [0.05, 0.1) is 5.56 Å². The number of nitrogens with zero attached hydrogens (tertiary/aromatic N) is 3. The molecule has 0 fully saturated rings. The summed E-state index contributed by atoms with van der Waals surface area (Å²) in [4.78, 5) is 0. The van der Waals surface area contributed by atoms with Crippen LogP contribution >= 0.6 is 0 Å². The van der Waals surface area contributed by atoms with Crippen molar-refractivity contribution in [3.05, 3.63) is 71.1 Å². The van der Waals surface area contributed by atoms with Crippen LogP contribution in [0.5, 0.6) is 0 Å². The number of aromatic nitrogens is 3. The molecule has 1 aliphatic rings. The summed E-state index contributed by atoms with van der Waals surface area (Å²) >= 11 is 0. The Morgan fingerprint density at radius 1 is 1.17 bits per heavy atom. The van der Waals surface area contributed by atoms with Crippen molar-refractivity contribution >= 4 is 11.1 Å². The smallest absolute Gasteiger partial charge is 0.196 e. The normalized spacial score (nSPS) is 14.6. The zero-order valence-corrected chi connectivity index (χ0v) is 12.3. The Kier molecular flexibility index (Phi) is 4.04. The average Bonchev–Trinajstić information content (AvgIpc) is 2.90. The molecule has 1 aromatic heterocycles. The van der Waals surface area contributed by atoms with Crippen molar-refractivity contribution in [1.29, 1.82) is 5.26 Å². The number of hydrogen-bond donors (Lipinski definition) is 1. The van der Waals surface area contributed by atoms with Gasteiger partial charge in [-0.25, -0.2) is 0 Å². The molecule has 0 aliphatic heterocycles. The lowest BCUT2D eigenvalue weighted by molar-refractivity contribution is -0.137. The van der Waals surface area contributed by atoms with Crippen molar-refractivity contribution in [3.63, 3.8) is 0 Å². The minimum absolute atomic E-state index is 0.186. The summed E-state index contributed by atoms with van der Waals surface area (Å²) in [5, 5.41) is 19.1. The van der Waals surface area contributed by atoms with Crippen LogP contribution in [0.15, 0.2) is 48.6 Å². The SMILES string of the molecule is N#Cc1n[nH]nc1C1=CC=C(c2cccc(C(F)(F)F)c2)C=CC1. The predicted molar refractivity (Wildman–Crippen MR) is 82.3 cm³/mol. The molecule has 24 heavy (non-hydrogen) atoms. The Labute approximate surface area is 135 Å². The number of rotatable bonds is 2. The molecule has 0 saturated heterocycles. The first-order valence-corrected chi connectivity index (χ1v) is 7.05. The molecule has 1 N–H and O–H groups in total. The Morgan fingerprint density at radius 2 is 2.00 bits per heavy atom. The first-order chi connectivity index (χ1) is 11.5. The molecule has 7 heteroatoms. The third-order valence-corrected chi connectivity index (χ3v) is 3.58. The number of alkyl halides is 3. The fourth-order valence-electron chi connectivity index (χ4n) is 2.40. The van der Waals surface area contributed by atoms with E-state index in [1.807, 2.05) is 12.1 Å². The van der Waals surface area contributed by atoms with Crippen LogP contribution in [0.3, 0.4) is 0 Å². The fraction of sp³-hybridized carbons (Fsp3) is 0.118. The molecular weight excluding hydrogens is 317 g/mol. The van der Waals surface area contributed by atoms with Gasteiger partial charge in [-0.15, -0.1) is 5.10 Å². The third-order valence-electron chi connectivity index (χ3n) is 3.58. The van der Waals surface area contributed by atoms with E-state index in [1.54, 1.807) is 24.3 Å². The first kappa shape index (κ1) is 15.7. The number of nitrogens with one attached hydrogen (secondary N) is 1. The Bertz CT molecular complexity index is 895. The van der Waals surface area contributed by atoms with E-state index in [0.29, 0.717) is 23.3 Å². The largest absolute Gasteiger partial charge is 0.416 e. The molecule has 0 amide bonds. The number of H-pyrrole nitrogens is 1. The summed E-state index contributed by atoms with van der Waals surface area (Å²) in [5.74, 6) is 0. The Hall–Kier alpha value is -3.14. The molecule has 0 unspecified atom stereocenters. The number of benzene rings is 1. The van der Waals surface area contributed by atoms with Gasteiger partial charge >= 0.3 is 6.18 Å². The summed E-state index contributed by atoms with van der Waals surface area (Å²) in [6.07, 6.45) is 3.15. The highest BCUT2D eigenvalue weighted by Gasteiger charge is 2.30. The van der Waals surface area contributed by atoms with Crippen molar-refractivity contribution in [2.45, 2.75) is 12.6 Å². The zero-order valence-electron chi connectivity index (χ0n) is 12.3. The van der Waals surface area contributed by atoms with Crippen LogP contribution < -0.4 is 0 Å². The van der Waals surface area contributed by atoms with Crippen LogP contribution in [-0.2, 0) is 6.18 Å². The molecule has 3 rings (SSSR count). The molecule has 0 saturated carbocycles. The van der Waals surface area contributed by atoms with E-state index in [2.05, 4.69) is 15.4 Å². The predicted octanol–water partition coefficient (Wildman–Crippen LogP) is 4.12. The van der Waals surface area contributed by atoms with E-state index in [9.17, 15) is 13.2 Å². The lowest BCUT2D eigenvalue weighted by Crippen LogP contribution is -2.04. The first-order valence-electron chi connectivity index (χ1n) is 7.05. The topological polar surface area (TPSA) is 65.4 Å². The lowest BCUT2D eigenvalue weighted by Gasteiger charge is -2.09.